The zero-order chi connectivity index (χ0) is 14.3. The highest BCUT2D eigenvalue weighted by molar-refractivity contribution is 5.96. The van der Waals surface area contributed by atoms with Gasteiger partial charge in [-0.1, -0.05) is 26.2 Å². The molecule has 0 aliphatic heterocycles. The second kappa shape index (κ2) is 8.15. The molecule has 5 heteroatoms. The Morgan fingerprint density at radius 2 is 2.05 bits per heavy atom. The van der Waals surface area contributed by atoms with Crippen molar-refractivity contribution in [3.63, 3.8) is 0 Å². The highest BCUT2D eigenvalue weighted by atomic mass is 16.2. The minimum Gasteiger partial charge on any atom is -0.341 e. The van der Waals surface area contributed by atoms with Gasteiger partial charge in [-0.3, -0.25) is 10.1 Å². The van der Waals surface area contributed by atoms with Crippen LogP contribution in [0.25, 0.3) is 0 Å². The van der Waals surface area contributed by atoms with Crippen LogP contribution in [0.15, 0.2) is 0 Å². The molecule has 5 nitrogen and oxygen atoms in total. The van der Waals surface area contributed by atoms with Crippen molar-refractivity contribution in [2.75, 3.05) is 13.6 Å². The van der Waals surface area contributed by atoms with Gasteiger partial charge in [-0.25, -0.2) is 4.79 Å². The van der Waals surface area contributed by atoms with Gasteiger partial charge in [0, 0.05) is 7.05 Å². The standard InChI is InChI=1S/C14H27N3O2/c1-10-5-4-6-12(9-10)7-8-16-11(2)13(18)17-14(19)15-3/h10-12,16H,4-9H2,1-3H3,(H2,15,17,18,19). The number of hydrogen-bond donors (Lipinski definition) is 3. The SMILES string of the molecule is CNC(=O)NC(=O)C(C)NCCC1CCCC(C)C1. The number of amides is 3. The molecule has 1 rings (SSSR count). The maximum atomic E-state index is 11.6. The van der Waals surface area contributed by atoms with Gasteiger partial charge in [0.25, 0.3) is 0 Å². The average molecular weight is 269 g/mol. The molecule has 19 heavy (non-hydrogen) atoms. The Labute approximate surface area is 115 Å². The van der Waals surface area contributed by atoms with Crippen LogP contribution in [-0.2, 0) is 4.79 Å². The molecule has 1 aliphatic rings. The first-order valence-corrected chi connectivity index (χ1v) is 7.29. The summed E-state index contributed by atoms with van der Waals surface area (Å²) in [5.74, 6) is 1.34. The van der Waals surface area contributed by atoms with Crippen molar-refractivity contribution in [3.8, 4) is 0 Å². The molecule has 1 fully saturated rings. The summed E-state index contributed by atoms with van der Waals surface area (Å²) in [7, 11) is 1.49. The van der Waals surface area contributed by atoms with Crippen LogP contribution in [-0.4, -0.2) is 31.6 Å². The van der Waals surface area contributed by atoms with Gasteiger partial charge in [0.1, 0.15) is 0 Å². The van der Waals surface area contributed by atoms with E-state index in [-0.39, 0.29) is 11.9 Å². The minimum atomic E-state index is -0.459. The van der Waals surface area contributed by atoms with Gasteiger partial charge in [0.2, 0.25) is 5.91 Å². The monoisotopic (exact) mass is 269 g/mol. The Bertz CT molecular complexity index is 307. The fourth-order valence-electron chi connectivity index (χ4n) is 2.70. The van der Waals surface area contributed by atoms with E-state index in [1.54, 1.807) is 6.92 Å². The Morgan fingerprint density at radius 3 is 2.68 bits per heavy atom. The number of urea groups is 1. The van der Waals surface area contributed by atoms with Gasteiger partial charge < -0.3 is 10.6 Å². The summed E-state index contributed by atoms with van der Waals surface area (Å²) in [5, 5.41) is 7.82. The molecule has 3 atom stereocenters. The lowest BCUT2D eigenvalue weighted by molar-refractivity contribution is -0.121. The molecule has 0 radical (unpaired) electrons. The smallest absolute Gasteiger partial charge is 0.321 e. The molecule has 110 valence electrons. The van der Waals surface area contributed by atoms with Gasteiger partial charge in [-0.05, 0) is 38.1 Å². The van der Waals surface area contributed by atoms with E-state index >= 15 is 0 Å². The number of imide groups is 1. The van der Waals surface area contributed by atoms with Crippen LogP contribution >= 0.6 is 0 Å². The van der Waals surface area contributed by atoms with Gasteiger partial charge in [-0.15, -0.1) is 0 Å². The lowest BCUT2D eigenvalue weighted by Gasteiger charge is -2.27. The summed E-state index contributed by atoms with van der Waals surface area (Å²) in [4.78, 5) is 22.6. The Kier molecular flexibility index (Phi) is 6.84. The lowest BCUT2D eigenvalue weighted by Crippen LogP contribution is -2.47. The summed E-state index contributed by atoms with van der Waals surface area (Å²) >= 11 is 0. The first kappa shape index (κ1) is 16.0. The number of nitrogens with one attached hydrogen (secondary N) is 3. The molecule has 3 N–H and O–H groups in total. The van der Waals surface area contributed by atoms with E-state index in [0.29, 0.717) is 0 Å². The Balaban J connectivity index is 2.17. The topological polar surface area (TPSA) is 70.2 Å². The zero-order valence-electron chi connectivity index (χ0n) is 12.3. The molecule has 3 unspecified atom stereocenters. The van der Waals surface area contributed by atoms with Crippen molar-refractivity contribution < 1.29 is 9.59 Å². The highest BCUT2D eigenvalue weighted by Gasteiger charge is 2.19. The van der Waals surface area contributed by atoms with E-state index in [9.17, 15) is 9.59 Å². The minimum absolute atomic E-state index is 0.281. The fourth-order valence-corrected chi connectivity index (χ4v) is 2.70. The molecule has 0 bridgehead atoms. The van der Waals surface area contributed by atoms with Gasteiger partial charge in [-0.2, -0.15) is 0 Å². The molecule has 0 aromatic heterocycles. The van der Waals surface area contributed by atoms with E-state index in [2.05, 4.69) is 22.9 Å². The van der Waals surface area contributed by atoms with Crippen LogP contribution < -0.4 is 16.0 Å². The molecule has 3 amide bonds. The van der Waals surface area contributed by atoms with Crippen molar-refractivity contribution in [2.24, 2.45) is 11.8 Å². The predicted octanol–water partition coefficient (Wildman–Crippen LogP) is 1.64. The molecule has 0 heterocycles. The van der Waals surface area contributed by atoms with Crippen LogP contribution in [0.1, 0.15) is 46.0 Å². The van der Waals surface area contributed by atoms with E-state index < -0.39 is 6.03 Å². The second-order valence-electron chi connectivity index (χ2n) is 5.67. The zero-order valence-corrected chi connectivity index (χ0v) is 12.3. The molecular weight excluding hydrogens is 242 g/mol. The quantitative estimate of drug-likeness (QED) is 0.710. The number of hydrogen-bond acceptors (Lipinski definition) is 3. The van der Waals surface area contributed by atoms with Crippen molar-refractivity contribution in [2.45, 2.75) is 52.0 Å². The Hall–Kier alpha value is -1.10. The summed E-state index contributed by atoms with van der Waals surface area (Å²) < 4.78 is 0. The van der Waals surface area contributed by atoms with Crippen molar-refractivity contribution in [1.82, 2.24) is 16.0 Å². The highest BCUT2D eigenvalue weighted by Crippen LogP contribution is 2.30. The summed E-state index contributed by atoms with van der Waals surface area (Å²) in [5.41, 5.74) is 0. The van der Waals surface area contributed by atoms with Crippen LogP contribution in [0, 0.1) is 11.8 Å². The van der Waals surface area contributed by atoms with E-state index in [0.717, 1.165) is 24.8 Å². The van der Waals surface area contributed by atoms with E-state index in [1.165, 1.54) is 32.7 Å². The third-order valence-corrected chi connectivity index (χ3v) is 3.91. The van der Waals surface area contributed by atoms with Crippen LogP contribution in [0.2, 0.25) is 0 Å². The molecule has 1 saturated carbocycles. The molecule has 0 spiro atoms. The summed E-state index contributed by atoms with van der Waals surface area (Å²) in [6, 6.07) is -0.793. The maximum Gasteiger partial charge on any atom is 0.321 e. The largest absolute Gasteiger partial charge is 0.341 e. The van der Waals surface area contributed by atoms with Crippen LogP contribution in [0.3, 0.4) is 0 Å². The number of carbonyl (C=O) groups excluding carboxylic acids is 2. The molecular formula is C14H27N3O2. The van der Waals surface area contributed by atoms with Gasteiger partial charge >= 0.3 is 6.03 Å². The van der Waals surface area contributed by atoms with Crippen molar-refractivity contribution in [1.29, 1.82) is 0 Å². The van der Waals surface area contributed by atoms with E-state index in [4.69, 9.17) is 0 Å². The third-order valence-electron chi connectivity index (χ3n) is 3.91. The summed E-state index contributed by atoms with van der Waals surface area (Å²) in [6.07, 6.45) is 6.42. The average Bonchev–Trinajstić information content (AvgIpc) is 2.38. The maximum absolute atomic E-state index is 11.6. The summed E-state index contributed by atoms with van der Waals surface area (Å²) in [6.45, 7) is 4.93. The first-order valence-electron chi connectivity index (χ1n) is 7.29. The molecule has 0 saturated heterocycles. The molecule has 0 aromatic rings. The lowest BCUT2D eigenvalue weighted by atomic mass is 9.81. The number of rotatable bonds is 5. The third kappa shape index (κ3) is 6.05. The van der Waals surface area contributed by atoms with Gasteiger partial charge in [0.05, 0.1) is 6.04 Å². The van der Waals surface area contributed by atoms with Crippen molar-refractivity contribution in [3.05, 3.63) is 0 Å². The Morgan fingerprint density at radius 1 is 1.32 bits per heavy atom. The van der Waals surface area contributed by atoms with E-state index in [1.807, 2.05) is 0 Å². The van der Waals surface area contributed by atoms with Crippen LogP contribution in [0.5, 0.6) is 0 Å². The molecule has 0 aromatic carbocycles. The predicted molar refractivity (Wildman–Crippen MR) is 75.8 cm³/mol. The number of carbonyl (C=O) groups is 2. The normalized spacial score (nSPS) is 24.6. The molecule has 1 aliphatic carbocycles. The first-order chi connectivity index (χ1) is 9.02. The van der Waals surface area contributed by atoms with Gasteiger partial charge in [0.15, 0.2) is 0 Å². The van der Waals surface area contributed by atoms with Crippen LogP contribution in [0.4, 0.5) is 4.79 Å². The fraction of sp³-hybridized carbons (Fsp3) is 0.857. The second-order valence-corrected chi connectivity index (χ2v) is 5.67. The van der Waals surface area contributed by atoms with Crippen molar-refractivity contribution >= 4 is 11.9 Å².